The van der Waals surface area contributed by atoms with Crippen molar-refractivity contribution in [3.8, 4) is 0 Å². The van der Waals surface area contributed by atoms with Crippen LogP contribution in [0.4, 0.5) is 0 Å². The molecule has 0 spiro atoms. The van der Waals surface area contributed by atoms with Crippen LogP contribution < -0.4 is 10.6 Å². The minimum absolute atomic E-state index is 0.337. The van der Waals surface area contributed by atoms with E-state index in [1.807, 2.05) is 0 Å². The number of aliphatic imine (C=N–C) groups is 1. The largest absolute Gasteiger partial charge is 0.318 e. The molecule has 116 valence electrons. The minimum atomic E-state index is -4.10. The van der Waals surface area contributed by atoms with Gasteiger partial charge in [-0.2, -0.15) is 22.6 Å². The molecule has 1 saturated carbocycles. The predicted octanol–water partition coefficient (Wildman–Crippen LogP) is -1.23. The zero-order valence-electron chi connectivity index (χ0n) is 11.4. The van der Waals surface area contributed by atoms with Crippen molar-refractivity contribution in [2.45, 2.75) is 30.7 Å². The first-order valence-electron chi connectivity index (χ1n) is 6.18. The van der Waals surface area contributed by atoms with Crippen molar-refractivity contribution in [2.24, 2.45) is 16.0 Å². The average Bonchev–Trinajstić information content (AvgIpc) is 2.97. The van der Waals surface area contributed by atoms with Crippen LogP contribution in [0.15, 0.2) is 4.99 Å². The highest BCUT2D eigenvalue weighted by Crippen LogP contribution is 2.39. The standard InChI is InChI=1S/C9H19N5O4S2/c1-13(2)20(17,18)14-7-11-9(12-14,19(10,15)16)8-5-3-4-6-8/h7-8,12H,3-6H2,1-2H3,(H2,10,15,16). The van der Waals surface area contributed by atoms with E-state index in [2.05, 4.69) is 10.4 Å². The van der Waals surface area contributed by atoms with Crippen LogP contribution in [0.3, 0.4) is 0 Å². The highest BCUT2D eigenvalue weighted by Gasteiger charge is 2.54. The molecule has 2 aliphatic rings. The first kappa shape index (κ1) is 15.6. The van der Waals surface area contributed by atoms with E-state index in [1.165, 1.54) is 14.1 Å². The number of hydrazine groups is 1. The van der Waals surface area contributed by atoms with Crippen molar-refractivity contribution in [3.63, 3.8) is 0 Å². The molecule has 0 aromatic heterocycles. The summed E-state index contributed by atoms with van der Waals surface area (Å²) in [6.45, 7) is 0. The van der Waals surface area contributed by atoms with E-state index in [1.54, 1.807) is 0 Å². The third kappa shape index (κ3) is 2.33. The lowest BCUT2D eigenvalue weighted by Crippen LogP contribution is -2.60. The average molecular weight is 325 g/mol. The number of primary sulfonamides is 1. The minimum Gasteiger partial charge on any atom is -0.232 e. The van der Waals surface area contributed by atoms with Crippen LogP contribution in [0, 0.1) is 5.92 Å². The van der Waals surface area contributed by atoms with Gasteiger partial charge >= 0.3 is 10.2 Å². The van der Waals surface area contributed by atoms with E-state index in [-0.39, 0.29) is 5.92 Å². The Bertz CT molecular complexity index is 608. The summed E-state index contributed by atoms with van der Waals surface area (Å²) < 4.78 is 49.6. The maximum atomic E-state index is 12.0. The molecule has 1 aliphatic heterocycles. The van der Waals surface area contributed by atoms with Gasteiger partial charge in [-0.3, -0.25) is 0 Å². The van der Waals surface area contributed by atoms with Gasteiger partial charge in [-0.15, -0.1) is 0 Å². The summed E-state index contributed by atoms with van der Waals surface area (Å²) in [5.74, 6) is -0.337. The van der Waals surface area contributed by atoms with Gasteiger partial charge in [0.2, 0.25) is 4.99 Å². The molecule has 3 N–H and O–H groups in total. The Morgan fingerprint density at radius 1 is 1.30 bits per heavy atom. The number of sulfonamides is 1. The molecule has 0 aromatic rings. The van der Waals surface area contributed by atoms with Crippen LogP contribution >= 0.6 is 0 Å². The van der Waals surface area contributed by atoms with Crippen molar-refractivity contribution in [1.82, 2.24) is 14.1 Å². The van der Waals surface area contributed by atoms with E-state index < -0.39 is 25.2 Å². The van der Waals surface area contributed by atoms with Crippen LogP contribution in [-0.2, 0) is 20.2 Å². The molecule has 0 saturated heterocycles. The Morgan fingerprint density at radius 2 is 1.85 bits per heavy atom. The van der Waals surface area contributed by atoms with Gasteiger partial charge in [-0.25, -0.2) is 18.5 Å². The van der Waals surface area contributed by atoms with Gasteiger partial charge in [0.25, 0.3) is 10.0 Å². The van der Waals surface area contributed by atoms with Crippen molar-refractivity contribution in [3.05, 3.63) is 0 Å². The fourth-order valence-corrected chi connectivity index (χ4v) is 4.48. The smallest absolute Gasteiger partial charge is 0.232 e. The van der Waals surface area contributed by atoms with E-state index in [0.29, 0.717) is 17.3 Å². The molecule has 1 unspecified atom stereocenters. The lowest BCUT2D eigenvalue weighted by atomic mass is 10.1. The summed E-state index contributed by atoms with van der Waals surface area (Å²) in [4.78, 5) is 2.14. The Labute approximate surface area is 119 Å². The van der Waals surface area contributed by atoms with Gasteiger partial charge in [-0.05, 0) is 12.8 Å². The van der Waals surface area contributed by atoms with Gasteiger partial charge in [0.15, 0.2) is 0 Å². The molecule has 0 amide bonds. The van der Waals surface area contributed by atoms with E-state index in [0.717, 1.165) is 23.5 Å². The molecule has 0 aromatic carbocycles. The molecule has 0 radical (unpaired) electrons. The van der Waals surface area contributed by atoms with Crippen LogP contribution in [0.25, 0.3) is 0 Å². The lowest BCUT2D eigenvalue weighted by molar-refractivity contribution is 0.266. The van der Waals surface area contributed by atoms with E-state index in [9.17, 15) is 16.8 Å². The number of rotatable bonds is 4. The van der Waals surface area contributed by atoms with E-state index >= 15 is 0 Å². The number of hydrogen-bond donors (Lipinski definition) is 2. The first-order chi connectivity index (χ1) is 9.11. The normalized spacial score (nSPS) is 28.7. The number of hydrogen-bond acceptors (Lipinski definition) is 6. The molecule has 11 heteroatoms. The van der Waals surface area contributed by atoms with Crippen molar-refractivity contribution in [1.29, 1.82) is 0 Å². The Kier molecular flexibility index (Phi) is 3.84. The zero-order chi connectivity index (χ0) is 15.2. The van der Waals surface area contributed by atoms with Gasteiger partial charge in [-0.1, -0.05) is 12.8 Å². The zero-order valence-corrected chi connectivity index (χ0v) is 13.0. The van der Waals surface area contributed by atoms with Crippen LogP contribution in [-0.4, -0.2) is 51.0 Å². The topological polar surface area (TPSA) is 125 Å². The molecule has 1 heterocycles. The van der Waals surface area contributed by atoms with Crippen molar-refractivity contribution in [2.75, 3.05) is 14.1 Å². The molecule has 1 aliphatic carbocycles. The Morgan fingerprint density at radius 3 is 2.30 bits per heavy atom. The summed E-state index contributed by atoms with van der Waals surface area (Å²) in [5, 5.41) is 5.30. The second kappa shape index (κ2) is 4.91. The predicted molar refractivity (Wildman–Crippen MR) is 73.9 cm³/mol. The quantitative estimate of drug-likeness (QED) is 0.670. The second-order valence-corrected chi connectivity index (χ2v) is 8.90. The molecular formula is C9H19N5O4S2. The molecule has 0 bridgehead atoms. The van der Waals surface area contributed by atoms with Crippen LogP contribution in [0.2, 0.25) is 0 Å². The number of nitrogens with two attached hydrogens (primary N) is 1. The molecule has 2 rings (SSSR count). The van der Waals surface area contributed by atoms with Gasteiger partial charge in [0.1, 0.15) is 6.34 Å². The fraction of sp³-hybridized carbons (Fsp3) is 0.889. The summed E-state index contributed by atoms with van der Waals surface area (Å²) in [6.07, 6.45) is 3.99. The summed E-state index contributed by atoms with van der Waals surface area (Å²) in [7, 11) is -5.26. The van der Waals surface area contributed by atoms with Crippen LogP contribution in [0.1, 0.15) is 25.7 Å². The van der Waals surface area contributed by atoms with E-state index in [4.69, 9.17) is 5.14 Å². The van der Waals surface area contributed by atoms with Gasteiger partial charge in [0.05, 0.1) is 0 Å². The summed E-state index contributed by atoms with van der Waals surface area (Å²) >= 11 is 0. The molecular weight excluding hydrogens is 306 g/mol. The highest BCUT2D eigenvalue weighted by atomic mass is 32.2. The summed E-state index contributed by atoms with van der Waals surface area (Å²) in [6, 6.07) is 0. The number of nitrogens with one attached hydrogen (secondary N) is 1. The molecule has 9 nitrogen and oxygen atoms in total. The molecule has 1 fully saturated rings. The maximum Gasteiger partial charge on any atom is 0.318 e. The lowest BCUT2D eigenvalue weighted by Gasteiger charge is -2.32. The Hall–Kier alpha value is -0.750. The SMILES string of the molecule is CN(C)S(=O)(=O)N1C=NC(C2CCCC2)(S(N)(=O)=O)N1. The van der Waals surface area contributed by atoms with Crippen molar-refractivity contribution >= 4 is 26.6 Å². The fourth-order valence-electron chi connectivity index (χ4n) is 2.53. The van der Waals surface area contributed by atoms with Gasteiger partial charge < -0.3 is 0 Å². The third-order valence-corrected chi connectivity index (χ3v) is 6.68. The Balaban J connectivity index is 2.38. The van der Waals surface area contributed by atoms with Gasteiger partial charge in [0, 0.05) is 20.0 Å². The number of nitrogens with zero attached hydrogens (tertiary/aromatic N) is 3. The third-order valence-electron chi connectivity index (χ3n) is 3.68. The monoisotopic (exact) mass is 325 g/mol. The summed E-state index contributed by atoms with van der Waals surface area (Å²) in [5.41, 5.74) is 2.48. The first-order valence-corrected chi connectivity index (χ1v) is 9.13. The van der Waals surface area contributed by atoms with Crippen LogP contribution in [0.5, 0.6) is 0 Å². The van der Waals surface area contributed by atoms with Crippen molar-refractivity contribution < 1.29 is 16.8 Å². The molecule has 20 heavy (non-hydrogen) atoms. The molecule has 1 atom stereocenters. The maximum absolute atomic E-state index is 12.0. The second-order valence-electron chi connectivity index (χ2n) is 5.17. The highest BCUT2D eigenvalue weighted by molar-refractivity contribution is 7.90.